The largest absolute Gasteiger partial charge is 0.295 e. The Morgan fingerprint density at radius 1 is 0.647 bits per heavy atom. The maximum Gasteiger partial charge on any atom is 0.295 e. The van der Waals surface area contributed by atoms with Gasteiger partial charge in [0.2, 0.25) is 0 Å². The highest BCUT2D eigenvalue weighted by atomic mass is 32.2. The lowest BCUT2D eigenvalue weighted by Crippen LogP contribution is -2.05. The Kier molecular flexibility index (Phi) is 5.92. The second-order valence-corrected chi connectivity index (χ2v) is 10.4. The highest BCUT2D eigenvalue weighted by Crippen LogP contribution is 2.44. The Bertz CT molecular complexity index is 1540. The first-order valence-electron chi connectivity index (χ1n) is 10.8. The van der Waals surface area contributed by atoms with E-state index < -0.39 is 10.1 Å². The lowest BCUT2D eigenvalue weighted by Gasteiger charge is -2.21. The van der Waals surface area contributed by atoms with Crippen LogP contribution in [0, 0.1) is 6.92 Å². The monoisotopic (exact) mass is 482 g/mol. The van der Waals surface area contributed by atoms with Gasteiger partial charge in [-0.25, -0.2) is 0 Å². The first-order valence-corrected chi connectivity index (χ1v) is 13.2. The summed E-state index contributed by atoms with van der Waals surface area (Å²) in [5.41, 5.74) is 6.63. The van der Waals surface area contributed by atoms with Crippen molar-refractivity contribution in [1.82, 2.24) is 0 Å². The van der Waals surface area contributed by atoms with Crippen LogP contribution in [-0.4, -0.2) is 13.0 Å². The maximum absolute atomic E-state index is 12.7. The van der Waals surface area contributed by atoms with Crippen molar-refractivity contribution in [3.63, 3.8) is 0 Å². The lowest BCUT2D eigenvalue weighted by molar-refractivity contribution is 0.483. The average Bonchev–Trinajstić information content (AvgIpc) is 3.39. The molecule has 1 heterocycles. The number of rotatable bonds is 5. The molecular weight excluding hydrogens is 460 g/mol. The van der Waals surface area contributed by atoms with Gasteiger partial charge in [0.15, 0.2) is 0 Å². The molecule has 5 rings (SSSR count). The molecule has 0 unspecified atom stereocenters. The summed E-state index contributed by atoms with van der Waals surface area (Å²) in [6.07, 6.45) is 0. The van der Waals surface area contributed by atoms with E-state index in [0.717, 1.165) is 38.9 Å². The Labute approximate surface area is 203 Å². The van der Waals surface area contributed by atoms with Gasteiger partial charge in [-0.3, -0.25) is 4.55 Å². The molecule has 0 aliphatic rings. The second-order valence-electron chi connectivity index (χ2n) is 8.06. The number of hydrogen-bond acceptors (Lipinski definition) is 3. The van der Waals surface area contributed by atoms with E-state index in [4.69, 9.17) is 0 Å². The van der Waals surface area contributed by atoms with Gasteiger partial charge in [-0.05, 0) is 63.4 Å². The third-order valence-electron chi connectivity index (χ3n) is 5.96. The van der Waals surface area contributed by atoms with E-state index in [1.807, 2.05) is 103 Å². The minimum atomic E-state index is -4.50. The van der Waals surface area contributed by atoms with Crippen LogP contribution in [0.15, 0.2) is 113 Å². The summed E-state index contributed by atoms with van der Waals surface area (Å²) >= 11 is 1.67. The SMILES string of the molecule is Cc1c(-c2ccc(-c3cccs3)cc2)cc(S(=O)(=O)O)c(-c2ccccc2)c1-c1ccccc1. The fourth-order valence-corrected chi connectivity index (χ4v) is 5.85. The van der Waals surface area contributed by atoms with E-state index in [2.05, 4.69) is 6.07 Å². The Morgan fingerprint density at radius 3 is 1.74 bits per heavy atom. The Morgan fingerprint density at radius 2 is 1.21 bits per heavy atom. The highest BCUT2D eigenvalue weighted by molar-refractivity contribution is 7.86. The predicted octanol–water partition coefficient (Wildman–Crippen LogP) is 7.97. The summed E-state index contributed by atoms with van der Waals surface area (Å²) in [7, 11) is -4.50. The van der Waals surface area contributed by atoms with Gasteiger partial charge in [0.05, 0.1) is 0 Å². The average molecular weight is 483 g/mol. The third-order valence-corrected chi connectivity index (χ3v) is 7.75. The summed E-state index contributed by atoms with van der Waals surface area (Å²) in [6.45, 7) is 2.01. The van der Waals surface area contributed by atoms with E-state index in [9.17, 15) is 13.0 Å². The molecule has 1 aromatic heterocycles. The van der Waals surface area contributed by atoms with Gasteiger partial charge >= 0.3 is 0 Å². The molecule has 0 atom stereocenters. The second kappa shape index (κ2) is 9.03. The van der Waals surface area contributed by atoms with Crippen molar-refractivity contribution in [3.05, 3.63) is 114 Å². The molecule has 4 aromatic carbocycles. The van der Waals surface area contributed by atoms with Crippen molar-refractivity contribution in [2.24, 2.45) is 0 Å². The molecule has 0 aliphatic heterocycles. The van der Waals surface area contributed by atoms with Crippen LogP contribution in [0.3, 0.4) is 0 Å². The molecule has 3 nitrogen and oxygen atoms in total. The molecule has 1 N–H and O–H groups in total. The van der Waals surface area contributed by atoms with Crippen molar-refractivity contribution in [2.75, 3.05) is 0 Å². The molecule has 0 aliphatic carbocycles. The topological polar surface area (TPSA) is 54.4 Å². The molecule has 0 saturated heterocycles. The molecular formula is C29H22O3S2. The fraction of sp³-hybridized carbons (Fsp3) is 0.0345. The minimum Gasteiger partial charge on any atom is -0.282 e. The quantitative estimate of drug-likeness (QED) is 0.258. The molecule has 5 heteroatoms. The zero-order chi connectivity index (χ0) is 23.7. The van der Waals surface area contributed by atoms with Crippen LogP contribution in [0.1, 0.15) is 5.56 Å². The van der Waals surface area contributed by atoms with Gasteiger partial charge in [-0.2, -0.15) is 8.42 Å². The summed E-state index contributed by atoms with van der Waals surface area (Å²) in [6, 6.07) is 32.8. The first-order chi connectivity index (χ1) is 16.4. The minimum absolute atomic E-state index is 0.0968. The van der Waals surface area contributed by atoms with Gasteiger partial charge in [-0.15, -0.1) is 11.3 Å². The van der Waals surface area contributed by atoms with Gasteiger partial charge in [0.25, 0.3) is 10.1 Å². The van der Waals surface area contributed by atoms with Gasteiger partial charge in [0, 0.05) is 10.4 Å². The van der Waals surface area contributed by atoms with Crippen molar-refractivity contribution in [2.45, 2.75) is 11.8 Å². The summed E-state index contributed by atoms with van der Waals surface area (Å²) in [5.74, 6) is 0. The molecule has 34 heavy (non-hydrogen) atoms. The molecule has 0 spiro atoms. The van der Waals surface area contributed by atoms with Crippen molar-refractivity contribution >= 4 is 21.5 Å². The van der Waals surface area contributed by atoms with Crippen LogP contribution in [0.25, 0.3) is 43.8 Å². The highest BCUT2D eigenvalue weighted by Gasteiger charge is 2.25. The van der Waals surface area contributed by atoms with Gasteiger partial charge in [-0.1, -0.05) is 91.0 Å². The van der Waals surface area contributed by atoms with Crippen molar-refractivity contribution < 1.29 is 13.0 Å². The fourth-order valence-electron chi connectivity index (χ4n) is 4.37. The molecule has 0 bridgehead atoms. The molecule has 0 amide bonds. The van der Waals surface area contributed by atoms with E-state index in [1.165, 1.54) is 4.88 Å². The number of benzene rings is 4. The van der Waals surface area contributed by atoms with Crippen molar-refractivity contribution in [1.29, 1.82) is 0 Å². The summed E-state index contributed by atoms with van der Waals surface area (Å²) < 4.78 is 35.7. The Balaban J connectivity index is 1.81. The summed E-state index contributed by atoms with van der Waals surface area (Å²) in [5, 5.41) is 2.04. The van der Waals surface area contributed by atoms with E-state index >= 15 is 0 Å². The summed E-state index contributed by atoms with van der Waals surface area (Å²) in [4.78, 5) is 1.08. The Hall–Kier alpha value is -3.51. The molecule has 5 aromatic rings. The molecule has 0 radical (unpaired) electrons. The van der Waals surface area contributed by atoms with Crippen LogP contribution >= 0.6 is 11.3 Å². The smallest absolute Gasteiger partial charge is 0.282 e. The normalized spacial score (nSPS) is 11.5. The number of thiophene rings is 1. The maximum atomic E-state index is 12.7. The number of hydrogen-bond donors (Lipinski definition) is 1. The van der Waals surface area contributed by atoms with E-state index in [0.29, 0.717) is 5.56 Å². The standard InChI is InChI=1S/C29H22O3S2/c1-20-25(21-14-16-22(17-15-21)26-13-8-18-33-26)19-27(34(30,31)32)29(24-11-6-3-7-12-24)28(20)23-9-4-2-5-10-23/h2-19H,1H3,(H,30,31,32). The molecule has 0 saturated carbocycles. The zero-order valence-electron chi connectivity index (χ0n) is 18.5. The third kappa shape index (κ3) is 4.21. The zero-order valence-corrected chi connectivity index (χ0v) is 20.1. The van der Waals surface area contributed by atoms with Crippen molar-refractivity contribution in [3.8, 4) is 43.8 Å². The van der Waals surface area contributed by atoms with Gasteiger partial charge < -0.3 is 0 Å². The molecule has 0 fully saturated rings. The van der Waals surface area contributed by atoms with Crippen LogP contribution < -0.4 is 0 Å². The first kappa shape index (κ1) is 22.3. The lowest BCUT2D eigenvalue weighted by atomic mass is 9.86. The van der Waals surface area contributed by atoms with Crippen LogP contribution in [0.5, 0.6) is 0 Å². The van der Waals surface area contributed by atoms with Gasteiger partial charge in [0.1, 0.15) is 4.90 Å². The molecule has 168 valence electrons. The van der Waals surface area contributed by atoms with Crippen LogP contribution in [-0.2, 0) is 10.1 Å². The predicted molar refractivity (Wildman–Crippen MR) is 141 cm³/mol. The van der Waals surface area contributed by atoms with E-state index in [-0.39, 0.29) is 4.90 Å². The van der Waals surface area contributed by atoms with Crippen LogP contribution in [0.2, 0.25) is 0 Å². The van der Waals surface area contributed by atoms with E-state index in [1.54, 1.807) is 17.4 Å². The van der Waals surface area contributed by atoms with Crippen LogP contribution in [0.4, 0.5) is 0 Å².